The average Bonchev–Trinajstić information content (AvgIpc) is 2.62. The molecule has 0 heterocycles. The van der Waals surface area contributed by atoms with E-state index in [0.29, 0.717) is 13.2 Å². The van der Waals surface area contributed by atoms with Crippen molar-refractivity contribution in [2.45, 2.75) is 118 Å². The van der Waals surface area contributed by atoms with E-state index >= 15 is 0 Å². The zero-order valence-electron chi connectivity index (χ0n) is 18.7. The molecular weight excluding hydrogens is 336 g/mol. The predicted octanol–water partition coefficient (Wildman–Crippen LogP) is 8.22. The highest BCUT2D eigenvalue weighted by Crippen LogP contribution is 2.13. The lowest BCUT2D eigenvalue weighted by molar-refractivity contribution is 0.0323. The molecule has 3 heteroatoms. The Morgan fingerprint density at radius 3 is 1.70 bits per heavy atom. The summed E-state index contributed by atoms with van der Waals surface area (Å²) in [5.41, 5.74) is -0.0115. The molecule has 0 atom stereocenters. The highest BCUT2D eigenvalue weighted by atomic mass is 16.7. The molecule has 160 valence electrons. The molecular formula is C24H46O3. The first-order valence-corrected chi connectivity index (χ1v) is 11.4. The number of hydrogen-bond donors (Lipinski definition) is 0. The Labute approximate surface area is 169 Å². The summed E-state index contributed by atoms with van der Waals surface area (Å²) in [6.45, 7) is 9.25. The molecule has 0 rings (SSSR count). The molecule has 0 radical (unpaired) electrons. The summed E-state index contributed by atoms with van der Waals surface area (Å²) >= 11 is 0. The van der Waals surface area contributed by atoms with E-state index in [1.165, 1.54) is 77.0 Å². The van der Waals surface area contributed by atoms with Gasteiger partial charge >= 0.3 is 6.16 Å². The van der Waals surface area contributed by atoms with E-state index in [9.17, 15) is 4.79 Å². The molecule has 0 fully saturated rings. The number of carbonyl (C=O) groups excluding carboxylic acids is 1. The minimum Gasteiger partial charge on any atom is -0.434 e. The Morgan fingerprint density at radius 1 is 0.704 bits per heavy atom. The van der Waals surface area contributed by atoms with Gasteiger partial charge in [-0.05, 0) is 37.5 Å². The molecule has 3 nitrogen and oxygen atoms in total. The van der Waals surface area contributed by atoms with Crippen molar-refractivity contribution < 1.29 is 14.3 Å². The first kappa shape index (κ1) is 26.0. The lowest BCUT2D eigenvalue weighted by Gasteiger charge is -2.17. The number of rotatable bonds is 17. The molecule has 0 amide bonds. The van der Waals surface area contributed by atoms with Crippen molar-refractivity contribution in [1.29, 1.82) is 0 Å². The van der Waals surface area contributed by atoms with Gasteiger partial charge in [-0.25, -0.2) is 4.79 Å². The van der Waals surface area contributed by atoms with Crippen LogP contribution in [0.3, 0.4) is 0 Å². The van der Waals surface area contributed by atoms with Gasteiger partial charge in [-0.2, -0.15) is 0 Å². The predicted molar refractivity (Wildman–Crippen MR) is 116 cm³/mol. The van der Waals surface area contributed by atoms with Crippen molar-refractivity contribution in [3.8, 4) is 0 Å². The molecule has 0 aromatic carbocycles. The molecule has 0 saturated carbocycles. The molecule has 0 unspecified atom stereocenters. The lowest BCUT2D eigenvalue weighted by atomic mass is 9.99. The van der Waals surface area contributed by atoms with Crippen LogP contribution in [0.1, 0.15) is 118 Å². The Bertz CT molecular complexity index is 355. The molecule has 27 heavy (non-hydrogen) atoms. The Kier molecular flexibility index (Phi) is 17.7. The summed E-state index contributed by atoms with van der Waals surface area (Å²) in [5, 5.41) is 0. The van der Waals surface area contributed by atoms with Gasteiger partial charge in [0.1, 0.15) is 0 Å². The van der Waals surface area contributed by atoms with Crippen LogP contribution in [0, 0.1) is 5.41 Å². The molecule has 0 bridgehead atoms. The fourth-order valence-electron chi connectivity index (χ4n) is 2.82. The molecule has 0 N–H and O–H groups in total. The van der Waals surface area contributed by atoms with Crippen molar-refractivity contribution in [3.05, 3.63) is 12.2 Å². The summed E-state index contributed by atoms with van der Waals surface area (Å²) in [4.78, 5) is 11.4. The third-order valence-electron chi connectivity index (χ3n) is 4.50. The van der Waals surface area contributed by atoms with Gasteiger partial charge in [0, 0.05) is 0 Å². The van der Waals surface area contributed by atoms with Crippen LogP contribution in [-0.4, -0.2) is 19.4 Å². The van der Waals surface area contributed by atoms with Gasteiger partial charge in [0.05, 0.1) is 13.2 Å². The van der Waals surface area contributed by atoms with Crippen molar-refractivity contribution >= 4 is 6.16 Å². The quantitative estimate of drug-likeness (QED) is 0.144. The highest BCUT2D eigenvalue weighted by molar-refractivity contribution is 5.59. The fraction of sp³-hybridized carbons (Fsp3) is 0.875. The summed E-state index contributed by atoms with van der Waals surface area (Å²) < 4.78 is 10.2. The summed E-state index contributed by atoms with van der Waals surface area (Å²) in [5.74, 6) is 0. The van der Waals surface area contributed by atoms with E-state index in [0.717, 1.165) is 12.8 Å². The second-order valence-corrected chi connectivity index (χ2v) is 8.89. The maximum atomic E-state index is 11.4. The summed E-state index contributed by atoms with van der Waals surface area (Å²) in [7, 11) is 0. The maximum Gasteiger partial charge on any atom is 0.508 e. The highest BCUT2D eigenvalue weighted by Gasteiger charge is 2.14. The monoisotopic (exact) mass is 382 g/mol. The zero-order chi connectivity index (χ0) is 20.2. The fourth-order valence-corrected chi connectivity index (χ4v) is 2.82. The normalized spacial score (nSPS) is 11.9. The van der Waals surface area contributed by atoms with Gasteiger partial charge in [-0.15, -0.1) is 0 Å². The van der Waals surface area contributed by atoms with Crippen LogP contribution in [0.25, 0.3) is 0 Å². The third kappa shape index (κ3) is 23.0. The van der Waals surface area contributed by atoms with Crippen LogP contribution in [0.2, 0.25) is 0 Å². The smallest absolute Gasteiger partial charge is 0.434 e. The van der Waals surface area contributed by atoms with E-state index in [1.807, 2.05) is 20.8 Å². The first-order valence-electron chi connectivity index (χ1n) is 11.4. The summed E-state index contributed by atoms with van der Waals surface area (Å²) in [6.07, 6.45) is 22.1. The maximum absolute atomic E-state index is 11.4. The van der Waals surface area contributed by atoms with Crippen LogP contribution in [-0.2, 0) is 9.47 Å². The Morgan fingerprint density at radius 2 is 1.19 bits per heavy atom. The van der Waals surface area contributed by atoms with E-state index in [1.54, 1.807) is 0 Å². The van der Waals surface area contributed by atoms with Crippen molar-refractivity contribution in [2.75, 3.05) is 13.2 Å². The van der Waals surface area contributed by atoms with E-state index < -0.39 is 6.16 Å². The minimum atomic E-state index is -0.530. The topological polar surface area (TPSA) is 35.5 Å². The standard InChI is InChI=1S/C24H46O3/c1-5-6-7-8-9-10-11-12-13-14-15-16-17-18-19-20-21-26-23(25)27-22-24(2,3)4/h12-13H,5-11,14-22H2,1-4H3/b13-12+. The minimum absolute atomic E-state index is 0.0115. The van der Waals surface area contributed by atoms with Gasteiger partial charge < -0.3 is 9.47 Å². The van der Waals surface area contributed by atoms with Gasteiger partial charge in [0.25, 0.3) is 0 Å². The lowest BCUT2D eigenvalue weighted by Crippen LogP contribution is -2.19. The van der Waals surface area contributed by atoms with Gasteiger partial charge in [-0.1, -0.05) is 97.6 Å². The van der Waals surface area contributed by atoms with Crippen LogP contribution in [0.5, 0.6) is 0 Å². The van der Waals surface area contributed by atoms with Gasteiger partial charge in [0.2, 0.25) is 0 Å². The van der Waals surface area contributed by atoms with E-state index in [-0.39, 0.29) is 5.41 Å². The average molecular weight is 383 g/mol. The largest absolute Gasteiger partial charge is 0.508 e. The number of ether oxygens (including phenoxy) is 2. The van der Waals surface area contributed by atoms with Crippen molar-refractivity contribution in [1.82, 2.24) is 0 Å². The number of unbranched alkanes of at least 4 members (excludes halogenated alkanes) is 12. The van der Waals surface area contributed by atoms with E-state index in [4.69, 9.17) is 9.47 Å². The van der Waals surface area contributed by atoms with Gasteiger partial charge in [-0.3, -0.25) is 0 Å². The SMILES string of the molecule is CCCCCCCC/C=C/CCCCCCCCOC(=O)OCC(C)(C)C. The second-order valence-electron chi connectivity index (χ2n) is 8.89. The number of hydrogen-bond acceptors (Lipinski definition) is 3. The molecule has 0 aromatic rings. The third-order valence-corrected chi connectivity index (χ3v) is 4.50. The zero-order valence-corrected chi connectivity index (χ0v) is 18.7. The summed E-state index contributed by atoms with van der Waals surface area (Å²) in [6, 6.07) is 0. The molecule has 0 aliphatic carbocycles. The molecule has 0 aliphatic rings. The van der Waals surface area contributed by atoms with Crippen LogP contribution in [0.15, 0.2) is 12.2 Å². The first-order chi connectivity index (χ1) is 13.0. The van der Waals surface area contributed by atoms with Gasteiger partial charge in [0.15, 0.2) is 0 Å². The van der Waals surface area contributed by atoms with E-state index in [2.05, 4.69) is 19.1 Å². The van der Waals surface area contributed by atoms with Crippen LogP contribution >= 0.6 is 0 Å². The number of carbonyl (C=O) groups is 1. The Balaban J connectivity index is 3.22. The number of allylic oxidation sites excluding steroid dienone is 2. The molecule has 0 spiro atoms. The van der Waals surface area contributed by atoms with Crippen molar-refractivity contribution in [2.24, 2.45) is 5.41 Å². The van der Waals surface area contributed by atoms with Crippen LogP contribution in [0.4, 0.5) is 4.79 Å². The van der Waals surface area contributed by atoms with Crippen LogP contribution < -0.4 is 0 Å². The molecule has 0 aliphatic heterocycles. The second kappa shape index (κ2) is 18.4. The molecule has 0 aromatic heterocycles. The van der Waals surface area contributed by atoms with Crippen molar-refractivity contribution in [3.63, 3.8) is 0 Å². The molecule has 0 saturated heterocycles. The Hall–Kier alpha value is -0.990.